The fourth-order valence-electron chi connectivity index (χ4n) is 3.28. The van der Waals surface area contributed by atoms with Crippen molar-refractivity contribution in [2.75, 3.05) is 5.32 Å². The van der Waals surface area contributed by atoms with Crippen molar-refractivity contribution in [3.63, 3.8) is 0 Å². The number of nitrogens with one attached hydrogen (secondary N) is 1. The standard InChI is InChI=1S/C23H23N5O/c1-16-9-11-21(12-10-16)28-18(3)22(17(2)26-28)25-23(29)20-13-24-27(15-20)14-19-7-5-4-6-8-19/h4-13,15H,14H2,1-3H3,(H,25,29). The Kier molecular flexibility index (Phi) is 4.99. The highest BCUT2D eigenvalue weighted by atomic mass is 16.1. The summed E-state index contributed by atoms with van der Waals surface area (Å²) in [7, 11) is 0. The molecule has 0 aliphatic rings. The first-order valence-electron chi connectivity index (χ1n) is 9.52. The minimum atomic E-state index is -0.195. The van der Waals surface area contributed by atoms with E-state index in [0.717, 1.165) is 28.3 Å². The number of carbonyl (C=O) groups excluding carboxylic acids is 1. The van der Waals surface area contributed by atoms with Gasteiger partial charge in [-0.2, -0.15) is 10.2 Å². The van der Waals surface area contributed by atoms with Crippen LogP contribution in [0.3, 0.4) is 0 Å². The third kappa shape index (κ3) is 3.96. The van der Waals surface area contributed by atoms with E-state index in [1.807, 2.05) is 73.1 Å². The number of nitrogens with zero attached hydrogens (tertiary/aromatic N) is 4. The van der Waals surface area contributed by atoms with Gasteiger partial charge in [0.1, 0.15) is 0 Å². The van der Waals surface area contributed by atoms with E-state index in [0.29, 0.717) is 12.1 Å². The topological polar surface area (TPSA) is 64.7 Å². The maximum Gasteiger partial charge on any atom is 0.258 e. The van der Waals surface area contributed by atoms with Crippen LogP contribution in [-0.2, 0) is 6.54 Å². The minimum Gasteiger partial charge on any atom is -0.319 e. The van der Waals surface area contributed by atoms with Gasteiger partial charge in [0, 0.05) is 6.20 Å². The molecular formula is C23H23N5O. The first kappa shape index (κ1) is 18.7. The Bertz CT molecular complexity index is 1140. The van der Waals surface area contributed by atoms with Gasteiger partial charge in [-0.05, 0) is 38.5 Å². The maximum atomic E-state index is 12.8. The molecule has 6 heteroatoms. The zero-order valence-electron chi connectivity index (χ0n) is 16.8. The zero-order valence-corrected chi connectivity index (χ0v) is 16.8. The lowest BCUT2D eigenvalue weighted by Crippen LogP contribution is -2.12. The van der Waals surface area contributed by atoms with Crippen LogP contribution in [0.5, 0.6) is 0 Å². The summed E-state index contributed by atoms with van der Waals surface area (Å²) >= 11 is 0. The van der Waals surface area contributed by atoms with Gasteiger partial charge in [-0.3, -0.25) is 9.48 Å². The molecule has 0 fully saturated rings. The van der Waals surface area contributed by atoms with E-state index in [4.69, 9.17) is 0 Å². The van der Waals surface area contributed by atoms with Crippen LogP contribution in [0.2, 0.25) is 0 Å². The molecule has 4 rings (SSSR count). The van der Waals surface area contributed by atoms with Crippen molar-refractivity contribution in [2.24, 2.45) is 0 Å². The highest BCUT2D eigenvalue weighted by Crippen LogP contribution is 2.23. The molecule has 0 spiro atoms. The third-order valence-corrected chi connectivity index (χ3v) is 4.89. The molecule has 2 aromatic heterocycles. The fraction of sp³-hybridized carbons (Fsp3) is 0.174. The molecule has 29 heavy (non-hydrogen) atoms. The normalized spacial score (nSPS) is 10.9. The number of anilines is 1. The molecule has 0 radical (unpaired) electrons. The zero-order chi connectivity index (χ0) is 20.4. The van der Waals surface area contributed by atoms with Crippen LogP contribution in [0.1, 0.15) is 32.9 Å². The Morgan fingerprint density at radius 2 is 1.72 bits per heavy atom. The lowest BCUT2D eigenvalue weighted by Gasteiger charge is -2.07. The molecule has 4 aromatic rings. The monoisotopic (exact) mass is 385 g/mol. The molecule has 1 N–H and O–H groups in total. The van der Waals surface area contributed by atoms with Gasteiger partial charge in [-0.15, -0.1) is 0 Å². The van der Waals surface area contributed by atoms with E-state index < -0.39 is 0 Å². The molecule has 0 saturated carbocycles. The molecule has 1 amide bonds. The summed E-state index contributed by atoms with van der Waals surface area (Å²) in [5.74, 6) is -0.195. The highest BCUT2D eigenvalue weighted by Gasteiger charge is 2.17. The Labute approximate surface area is 169 Å². The predicted octanol–water partition coefficient (Wildman–Crippen LogP) is 4.29. The van der Waals surface area contributed by atoms with Crippen molar-refractivity contribution in [1.29, 1.82) is 0 Å². The average molecular weight is 385 g/mol. The van der Waals surface area contributed by atoms with E-state index in [-0.39, 0.29) is 5.91 Å². The number of hydrogen-bond acceptors (Lipinski definition) is 3. The van der Waals surface area contributed by atoms with Gasteiger partial charge in [-0.1, -0.05) is 48.0 Å². The van der Waals surface area contributed by atoms with Crippen molar-refractivity contribution in [3.8, 4) is 5.69 Å². The summed E-state index contributed by atoms with van der Waals surface area (Å²) in [6.45, 7) is 6.52. The second-order valence-corrected chi connectivity index (χ2v) is 7.16. The number of rotatable bonds is 5. The molecule has 6 nitrogen and oxygen atoms in total. The van der Waals surface area contributed by atoms with Crippen LogP contribution in [-0.4, -0.2) is 25.5 Å². The van der Waals surface area contributed by atoms with Crippen LogP contribution in [0.25, 0.3) is 5.69 Å². The van der Waals surface area contributed by atoms with Crippen LogP contribution in [0, 0.1) is 20.8 Å². The molecule has 0 bridgehead atoms. The molecule has 146 valence electrons. The Balaban J connectivity index is 1.52. The molecule has 2 heterocycles. The van der Waals surface area contributed by atoms with Crippen molar-refractivity contribution in [2.45, 2.75) is 27.3 Å². The van der Waals surface area contributed by atoms with Gasteiger partial charge in [-0.25, -0.2) is 4.68 Å². The molecule has 2 aromatic carbocycles. The van der Waals surface area contributed by atoms with E-state index in [1.54, 1.807) is 17.1 Å². The number of amides is 1. The van der Waals surface area contributed by atoms with Gasteiger partial charge in [0.15, 0.2) is 0 Å². The Hall–Kier alpha value is -3.67. The maximum absolute atomic E-state index is 12.8. The second-order valence-electron chi connectivity index (χ2n) is 7.16. The number of carbonyl (C=O) groups is 1. The summed E-state index contributed by atoms with van der Waals surface area (Å²) in [4.78, 5) is 12.8. The summed E-state index contributed by atoms with van der Waals surface area (Å²) < 4.78 is 3.61. The van der Waals surface area contributed by atoms with E-state index in [2.05, 4.69) is 22.4 Å². The average Bonchev–Trinajstić information content (AvgIpc) is 3.29. The van der Waals surface area contributed by atoms with Gasteiger partial charge in [0.25, 0.3) is 5.91 Å². The smallest absolute Gasteiger partial charge is 0.258 e. The summed E-state index contributed by atoms with van der Waals surface area (Å²) in [6.07, 6.45) is 3.35. The SMILES string of the molecule is Cc1ccc(-n2nc(C)c(NC(=O)c3cnn(Cc4ccccc4)c3)c2C)cc1. The van der Waals surface area contributed by atoms with E-state index in [9.17, 15) is 4.79 Å². The summed E-state index contributed by atoms with van der Waals surface area (Å²) in [6, 6.07) is 18.2. The van der Waals surface area contributed by atoms with Gasteiger partial charge in [0.2, 0.25) is 0 Å². The van der Waals surface area contributed by atoms with E-state index >= 15 is 0 Å². The van der Waals surface area contributed by atoms with Crippen molar-refractivity contribution >= 4 is 11.6 Å². The number of hydrogen-bond donors (Lipinski definition) is 1. The Morgan fingerprint density at radius 3 is 2.45 bits per heavy atom. The lowest BCUT2D eigenvalue weighted by atomic mass is 10.2. The minimum absolute atomic E-state index is 0.195. The molecule has 0 unspecified atom stereocenters. The quantitative estimate of drug-likeness (QED) is 0.557. The summed E-state index contributed by atoms with van der Waals surface area (Å²) in [5, 5.41) is 11.9. The van der Waals surface area contributed by atoms with Crippen molar-refractivity contribution < 1.29 is 4.79 Å². The third-order valence-electron chi connectivity index (χ3n) is 4.89. The molecule has 0 saturated heterocycles. The lowest BCUT2D eigenvalue weighted by molar-refractivity contribution is 0.102. The van der Waals surface area contributed by atoms with Crippen LogP contribution in [0.15, 0.2) is 67.0 Å². The van der Waals surface area contributed by atoms with E-state index in [1.165, 1.54) is 5.56 Å². The largest absolute Gasteiger partial charge is 0.319 e. The number of aromatic nitrogens is 4. The van der Waals surface area contributed by atoms with Crippen LogP contribution < -0.4 is 5.32 Å². The Morgan fingerprint density at radius 1 is 1.00 bits per heavy atom. The number of aryl methyl sites for hydroxylation is 2. The highest BCUT2D eigenvalue weighted by molar-refractivity contribution is 6.04. The van der Waals surface area contributed by atoms with Gasteiger partial charge < -0.3 is 5.32 Å². The predicted molar refractivity (Wildman–Crippen MR) is 113 cm³/mol. The molecule has 0 aliphatic heterocycles. The first-order chi connectivity index (χ1) is 14.0. The van der Waals surface area contributed by atoms with Crippen molar-refractivity contribution in [1.82, 2.24) is 19.6 Å². The summed E-state index contributed by atoms with van der Waals surface area (Å²) in [5.41, 5.74) is 6.19. The second kappa shape index (κ2) is 7.75. The fourth-order valence-corrected chi connectivity index (χ4v) is 3.28. The van der Waals surface area contributed by atoms with Gasteiger partial charge in [0.05, 0.1) is 41.1 Å². The van der Waals surface area contributed by atoms with Crippen LogP contribution >= 0.6 is 0 Å². The van der Waals surface area contributed by atoms with Crippen LogP contribution in [0.4, 0.5) is 5.69 Å². The number of benzene rings is 2. The molecule has 0 atom stereocenters. The molecular weight excluding hydrogens is 362 g/mol. The molecule has 0 aliphatic carbocycles. The van der Waals surface area contributed by atoms with Crippen molar-refractivity contribution in [3.05, 3.63) is 95.1 Å². The first-order valence-corrected chi connectivity index (χ1v) is 9.52. The van der Waals surface area contributed by atoms with Gasteiger partial charge >= 0.3 is 0 Å².